The average molecular weight is 387 g/mol. The molecule has 1 fully saturated rings. The predicted octanol–water partition coefficient (Wildman–Crippen LogP) is 3.78. The summed E-state index contributed by atoms with van der Waals surface area (Å²) < 4.78 is 5.79. The number of hydrogen-bond donors (Lipinski definition) is 0. The van der Waals surface area contributed by atoms with Crippen LogP contribution in [0.5, 0.6) is 5.75 Å². The van der Waals surface area contributed by atoms with Gasteiger partial charge in [-0.05, 0) is 51.5 Å². The van der Waals surface area contributed by atoms with Gasteiger partial charge in [-0.25, -0.2) is 0 Å². The summed E-state index contributed by atoms with van der Waals surface area (Å²) in [6.07, 6.45) is 6.73. The van der Waals surface area contributed by atoms with Crippen LogP contribution in [0.15, 0.2) is 21.5 Å². The molecule has 2 rings (SSSR count). The van der Waals surface area contributed by atoms with Crippen molar-refractivity contribution in [3.63, 3.8) is 0 Å². The molecule has 0 radical (unpaired) electrons. The lowest BCUT2D eigenvalue weighted by Crippen LogP contribution is -2.28. The van der Waals surface area contributed by atoms with Crippen molar-refractivity contribution in [1.82, 2.24) is 4.90 Å². The topological polar surface area (TPSA) is 46.6 Å². The van der Waals surface area contributed by atoms with Gasteiger partial charge in [-0.15, -0.1) is 6.42 Å². The molecule has 0 aliphatic carbocycles. The highest BCUT2D eigenvalue weighted by atomic mass is 79.9. The third kappa shape index (κ3) is 3.26. The molecule has 0 spiro atoms. The van der Waals surface area contributed by atoms with E-state index in [1.54, 1.807) is 18.2 Å². The lowest BCUT2D eigenvalue weighted by Gasteiger charge is -2.08. The van der Waals surface area contributed by atoms with Gasteiger partial charge in [0, 0.05) is 0 Å². The molecule has 0 N–H and O–H groups in total. The van der Waals surface area contributed by atoms with Crippen molar-refractivity contribution in [2.45, 2.75) is 0 Å². The zero-order valence-corrected chi connectivity index (χ0v) is 14.0. The minimum atomic E-state index is -0.397. The Labute approximate surface area is 139 Å². The Morgan fingerprint density at radius 3 is 2.81 bits per heavy atom. The fraction of sp³-hybridized carbons (Fsp3) is 0.143. The Morgan fingerprint density at radius 1 is 1.52 bits per heavy atom. The number of ether oxygens (including phenoxy) is 1. The van der Waals surface area contributed by atoms with Gasteiger partial charge >= 0.3 is 0 Å². The summed E-state index contributed by atoms with van der Waals surface area (Å²) in [5.74, 6) is 2.40. The Hall–Kier alpha value is -1.42. The van der Waals surface area contributed by atoms with Crippen molar-refractivity contribution in [2.24, 2.45) is 0 Å². The van der Waals surface area contributed by atoms with Crippen molar-refractivity contribution < 1.29 is 14.3 Å². The Morgan fingerprint density at radius 2 is 2.24 bits per heavy atom. The molecule has 1 aromatic carbocycles. The molecule has 0 aromatic heterocycles. The summed E-state index contributed by atoms with van der Waals surface area (Å²) in [5.41, 5.74) is 0.680. The van der Waals surface area contributed by atoms with Crippen molar-refractivity contribution in [2.75, 3.05) is 13.7 Å². The van der Waals surface area contributed by atoms with E-state index in [0.717, 1.165) is 16.7 Å². The second kappa shape index (κ2) is 6.56. The maximum atomic E-state index is 12.1. The fourth-order valence-electron chi connectivity index (χ4n) is 1.74. The molecule has 21 heavy (non-hydrogen) atoms. The van der Waals surface area contributed by atoms with Crippen LogP contribution in [0, 0.1) is 12.3 Å². The SMILES string of the molecule is C#CCN1C(=O)S/C(=C\c2cc(Cl)c(OC)c(Br)c2)C1=O. The fourth-order valence-corrected chi connectivity index (χ4v) is 3.63. The number of benzene rings is 1. The van der Waals surface area contributed by atoms with E-state index in [-0.39, 0.29) is 11.8 Å². The van der Waals surface area contributed by atoms with Crippen LogP contribution in [0.1, 0.15) is 5.56 Å². The van der Waals surface area contributed by atoms with Gasteiger partial charge in [0.15, 0.2) is 5.75 Å². The highest BCUT2D eigenvalue weighted by Crippen LogP contribution is 2.37. The molecule has 2 amide bonds. The van der Waals surface area contributed by atoms with Crippen LogP contribution in [0.3, 0.4) is 0 Å². The second-order valence-corrected chi connectivity index (χ2v) is 6.24. The minimum absolute atomic E-state index is 0.0327. The molecule has 1 aliphatic rings. The van der Waals surface area contributed by atoms with E-state index in [2.05, 4.69) is 21.9 Å². The molecular formula is C14H9BrClNO3S. The Kier molecular flexibility index (Phi) is 4.99. The molecule has 0 unspecified atom stereocenters. The summed E-state index contributed by atoms with van der Waals surface area (Å²) in [4.78, 5) is 25.1. The lowest BCUT2D eigenvalue weighted by molar-refractivity contribution is -0.122. The van der Waals surface area contributed by atoms with E-state index < -0.39 is 5.91 Å². The van der Waals surface area contributed by atoms with Crippen molar-refractivity contribution >= 4 is 56.5 Å². The first-order valence-electron chi connectivity index (χ1n) is 5.69. The molecule has 1 saturated heterocycles. The first-order chi connectivity index (χ1) is 9.97. The number of amides is 2. The van der Waals surface area contributed by atoms with Crippen LogP contribution in [-0.2, 0) is 4.79 Å². The van der Waals surface area contributed by atoms with Crippen LogP contribution in [0.25, 0.3) is 6.08 Å². The van der Waals surface area contributed by atoms with E-state index in [4.69, 9.17) is 22.8 Å². The maximum absolute atomic E-state index is 12.1. The zero-order valence-electron chi connectivity index (χ0n) is 10.9. The maximum Gasteiger partial charge on any atom is 0.294 e. The van der Waals surface area contributed by atoms with Crippen molar-refractivity contribution in [3.8, 4) is 18.1 Å². The quantitative estimate of drug-likeness (QED) is 0.586. The highest BCUT2D eigenvalue weighted by Gasteiger charge is 2.34. The van der Waals surface area contributed by atoms with Crippen molar-refractivity contribution in [3.05, 3.63) is 32.1 Å². The number of methoxy groups -OCH3 is 1. The molecule has 0 bridgehead atoms. The van der Waals surface area contributed by atoms with Crippen LogP contribution in [-0.4, -0.2) is 29.7 Å². The van der Waals surface area contributed by atoms with Gasteiger partial charge < -0.3 is 4.74 Å². The lowest BCUT2D eigenvalue weighted by atomic mass is 10.2. The first-order valence-corrected chi connectivity index (χ1v) is 7.68. The minimum Gasteiger partial charge on any atom is -0.494 e. The van der Waals surface area contributed by atoms with E-state index in [0.29, 0.717) is 25.7 Å². The van der Waals surface area contributed by atoms with Gasteiger partial charge in [-0.3, -0.25) is 14.5 Å². The molecule has 4 nitrogen and oxygen atoms in total. The third-order valence-electron chi connectivity index (χ3n) is 2.65. The van der Waals surface area contributed by atoms with E-state index in [1.165, 1.54) is 7.11 Å². The Balaban J connectivity index is 2.35. The molecular weight excluding hydrogens is 378 g/mol. The molecule has 1 aromatic rings. The number of hydrogen-bond acceptors (Lipinski definition) is 4. The number of halogens is 2. The predicted molar refractivity (Wildman–Crippen MR) is 87.2 cm³/mol. The van der Waals surface area contributed by atoms with Crippen LogP contribution < -0.4 is 4.74 Å². The van der Waals surface area contributed by atoms with Gasteiger partial charge in [0.1, 0.15) is 0 Å². The average Bonchev–Trinajstić information content (AvgIpc) is 2.66. The molecule has 108 valence electrons. The largest absolute Gasteiger partial charge is 0.494 e. The number of thioether (sulfide) groups is 1. The summed E-state index contributed by atoms with van der Waals surface area (Å²) in [6, 6.07) is 3.40. The number of carbonyl (C=O) groups excluding carboxylic acids is 2. The van der Waals surface area contributed by atoms with Crippen molar-refractivity contribution in [1.29, 1.82) is 0 Å². The van der Waals surface area contributed by atoms with Gasteiger partial charge in [0.2, 0.25) is 0 Å². The van der Waals surface area contributed by atoms with E-state index >= 15 is 0 Å². The molecule has 1 heterocycles. The zero-order chi connectivity index (χ0) is 15.6. The third-order valence-corrected chi connectivity index (χ3v) is 4.42. The van der Waals surface area contributed by atoms with Gasteiger partial charge in [-0.1, -0.05) is 17.5 Å². The molecule has 0 atom stereocenters. The second-order valence-electron chi connectivity index (χ2n) is 3.99. The van der Waals surface area contributed by atoms with Crippen LogP contribution >= 0.6 is 39.3 Å². The molecule has 1 aliphatic heterocycles. The van der Waals surface area contributed by atoms with Gasteiger partial charge in [0.25, 0.3) is 11.1 Å². The van der Waals surface area contributed by atoms with Crippen LogP contribution in [0.2, 0.25) is 5.02 Å². The van der Waals surface area contributed by atoms with Crippen LogP contribution in [0.4, 0.5) is 4.79 Å². The summed E-state index contributed by atoms with van der Waals surface area (Å²) >= 11 is 10.3. The number of imide groups is 1. The number of carbonyl (C=O) groups is 2. The van der Waals surface area contributed by atoms with Gasteiger partial charge in [-0.2, -0.15) is 0 Å². The standard InChI is InChI=1S/C14H9BrClNO3S/c1-3-4-17-13(18)11(21-14(17)19)7-8-5-9(15)12(20-2)10(16)6-8/h1,5-7H,4H2,2H3/b11-7-. The first kappa shape index (κ1) is 16.0. The van der Waals surface area contributed by atoms with Gasteiger partial charge in [0.05, 0.1) is 28.1 Å². The number of terminal acetylenes is 1. The van der Waals surface area contributed by atoms with E-state index in [1.807, 2.05) is 0 Å². The summed E-state index contributed by atoms with van der Waals surface area (Å²) in [5, 5.41) is 0.0313. The highest BCUT2D eigenvalue weighted by molar-refractivity contribution is 9.10. The number of rotatable bonds is 3. The Bertz CT molecular complexity index is 673. The monoisotopic (exact) mass is 385 g/mol. The summed E-state index contributed by atoms with van der Waals surface area (Å²) in [7, 11) is 1.51. The molecule has 0 saturated carbocycles. The normalized spacial score (nSPS) is 16.5. The molecule has 7 heteroatoms. The summed E-state index contributed by atoms with van der Waals surface area (Å²) in [6.45, 7) is -0.0327. The smallest absolute Gasteiger partial charge is 0.294 e. The van der Waals surface area contributed by atoms with E-state index in [9.17, 15) is 9.59 Å². The number of nitrogens with zero attached hydrogens (tertiary/aromatic N) is 1.